The quantitative estimate of drug-likeness (QED) is 0.285. The highest BCUT2D eigenvalue weighted by molar-refractivity contribution is 14.0. The molecule has 182 valence electrons. The number of halogens is 4. The molecule has 11 heteroatoms. The molecule has 2 rings (SSSR count). The lowest BCUT2D eigenvalue weighted by Gasteiger charge is -2.24. The Bertz CT molecular complexity index is 754. The summed E-state index contributed by atoms with van der Waals surface area (Å²) in [4.78, 5) is 17.8. The Hall–Kier alpha value is -1.76. The molecule has 1 atom stereocenters. The predicted molar refractivity (Wildman–Crippen MR) is 128 cm³/mol. The van der Waals surface area contributed by atoms with Crippen LogP contribution in [0.25, 0.3) is 0 Å². The average Bonchev–Trinajstić information content (AvgIpc) is 2.72. The molecule has 1 heterocycles. The van der Waals surface area contributed by atoms with Crippen LogP contribution in [0.3, 0.4) is 0 Å². The SMILES string of the molecule is Cc1ccc(CN=C(NCC(=O)N(C)C)NCC2CCCCO2)c(OCC(F)(F)F)c1.I. The van der Waals surface area contributed by atoms with Gasteiger partial charge in [-0.05, 0) is 37.8 Å². The lowest BCUT2D eigenvalue weighted by Crippen LogP contribution is -2.45. The van der Waals surface area contributed by atoms with Gasteiger partial charge in [0.2, 0.25) is 5.91 Å². The summed E-state index contributed by atoms with van der Waals surface area (Å²) in [6, 6.07) is 5.04. The summed E-state index contributed by atoms with van der Waals surface area (Å²) in [7, 11) is 3.31. The summed E-state index contributed by atoms with van der Waals surface area (Å²) in [6.07, 6.45) is -1.30. The molecule has 1 fully saturated rings. The molecule has 2 N–H and O–H groups in total. The van der Waals surface area contributed by atoms with E-state index in [4.69, 9.17) is 9.47 Å². The zero-order valence-electron chi connectivity index (χ0n) is 18.6. The number of aryl methyl sites for hydroxylation is 1. The monoisotopic (exact) mass is 572 g/mol. The largest absolute Gasteiger partial charge is 0.484 e. The topological polar surface area (TPSA) is 75.2 Å². The summed E-state index contributed by atoms with van der Waals surface area (Å²) < 4.78 is 48.4. The van der Waals surface area contributed by atoms with Gasteiger partial charge in [0.05, 0.1) is 19.2 Å². The fourth-order valence-electron chi connectivity index (χ4n) is 2.92. The number of nitrogens with zero attached hydrogens (tertiary/aromatic N) is 2. The Labute approximate surface area is 204 Å². The third kappa shape index (κ3) is 10.7. The van der Waals surface area contributed by atoms with Gasteiger partial charge in [0.25, 0.3) is 0 Å². The van der Waals surface area contributed by atoms with Crippen LogP contribution in [0, 0.1) is 6.92 Å². The van der Waals surface area contributed by atoms with Crippen LogP contribution < -0.4 is 15.4 Å². The summed E-state index contributed by atoms with van der Waals surface area (Å²) in [5.41, 5.74) is 1.30. The highest BCUT2D eigenvalue weighted by Gasteiger charge is 2.28. The first kappa shape index (κ1) is 28.3. The molecule has 0 bridgehead atoms. The number of carbonyl (C=O) groups excluding carboxylic acids is 1. The van der Waals surface area contributed by atoms with E-state index in [-0.39, 0.29) is 54.8 Å². The van der Waals surface area contributed by atoms with Crippen LogP contribution in [0.4, 0.5) is 13.2 Å². The molecule has 1 unspecified atom stereocenters. The van der Waals surface area contributed by atoms with Crippen molar-refractivity contribution >= 4 is 35.8 Å². The number of hydrogen-bond acceptors (Lipinski definition) is 4. The number of ether oxygens (including phenoxy) is 2. The van der Waals surface area contributed by atoms with E-state index in [1.807, 2.05) is 0 Å². The molecule has 0 spiro atoms. The zero-order valence-corrected chi connectivity index (χ0v) is 21.0. The Kier molecular flexibility index (Phi) is 12.1. The first-order valence-corrected chi connectivity index (χ1v) is 10.3. The van der Waals surface area contributed by atoms with Crippen molar-refractivity contribution in [2.24, 2.45) is 4.99 Å². The molecular formula is C21H32F3IN4O3. The smallest absolute Gasteiger partial charge is 0.422 e. The molecule has 0 aliphatic carbocycles. The van der Waals surface area contributed by atoms with E-state index < -0.39 is 12.8 Å². The van der Waals surface area contributed by atoms with E-state index in [9.17, 15) is 18.0 Å². The minimum absolute atomic E-state index is 0. The van der Waals surface area contributed by atoms with Crippen LogP contribution in [0.5, 0.6) is 5.75 Å². The van der Waals surface area contributed by atoms with Gasteiger partial charge in [-0.3, -0.25) is 4.79 Å². The number of carbonyl (C=O) groups is 1. The molecule has 1 saturated heterocycles. The second-order valence-corrected chi connectivity index (χ2v) is 7.69. The van der Waals surface area contributed by atoms with Crippen LogP contribution in [-0.4, -0.2) is 69.4 Å². The minimum atomic E-state index is -4.43. The maximum Gasteiger partial charge on any atom is 0.422 e. The first-order valence-electron chi connectivity index (χ1n) is 10.3. The first-order chi connectivity index (χ1) is 14.6. The van der Waals surface area contributed by atoms with Gasteiger partial charge >= 0.3 is 6.18 Å². The van der Waals surface area contributed by atoms with E-state index in [2.05, 4.69) is 15.6 Å². The molecule has 1 aliphatic rings. The molecule has 0 aromatic heterocycles. The molecular weight excluding hydrogens is 540 g/mol. The van der Waals surface area contributed by atoms with Crippen molar-refractivity contribution in [2.75, 3.05) is 40.4 Å². The molecule has 7 nitrogen and oxygen atoms in total. The Morgan fingerprint density at radius 2 is 2.03 bits per heavy atom. The van der Waals surface area contributed by atoms with Gasteiger partial charge in [-0.1, -0.05) is 12.1 Å². The van der Waals surface area contributed by atoms with Crippen molar-refractivity contribution in [3.63, 3.8) is 0 Å². The fraction of sp³-hybridized carbons (Fsp3) is 0.619. The number of likely N-dealkylation sites (N-methyl/N-ethyl adjacent to an activating group) is 1. The third-order valence-corrected chi connectivity index (χ3v) is 4.70. The summed E-state index contributed by atoms with van der Waals surface area (Å²) in [5, 5.41) is 6.13. The van der Waals surface area contributed by atoms with E-state index in [0.717, 1.165) is 24.8 Å². The molecule has 0 radical (unpaired) electrons. The molecule has 1 aromatic carbocycles. The van der Waals surface area contributed by atoms with Crippen LogP contribution >= 0.6 is 24.0 Å². The van der Waals surface area contributed by atoms with E-state index in [1.54, 1.807) is 39.2 Å². The summed E-state index contributed by atoms with van der Waals surface area (Å²) >= 11 is 0. The van der Waals surface area contributed by atoms with Crippen molar-refractivity contribution < 1.29 is 27.4 Å². The van der Waals surface area contributed by atoms with Gasteiger partial charge in [-0.15, -0.1) is 24.0 Å². The van der Waals surface area contributed by atoms with Crippen molar-refractivity contribution in [1.29, 1.82) is 0 Å². The lowest BCUT2D eigenvalue weighted by atomic mass is 10.1. The minimum Gasteiger partial charge on any atom is -0.484 e. The molecule has 1 aromatic rings. The Balaban J connectivity index is 0.00000512. The lowest BCUT2D eigenvalue weighted by molar-refractivity contribution is -0.153. The van der Waals surface area contributed by atoms with E-state index >= 15 is 0 Å². The average molecular weight is 572 g/mol. The molecule has 32 heavy (non-hydrogen) atoms. The fourth-order valence-corrected chi connectivity index (χ4v) is 2.92. The summed E-state index contributed by atoms with van der Waals surface area (Å²) in [5.74, 6) is 0.389. The molecule has 1 aliphatic heterocycles. The van der Waals surface area contributed by atoms with Crippen LogP contribution in [0.15, 0.2) is 23.2 Å². The second kappa shape index (κ2) is 13.7. The van der Waals surface area contributed by atoms with Crippen molar-refractivity contribution in [3.05, 3.63) is 29.3 Å². The highest BCUT2D eigenvalue weighted by Crippen LogP contribution is 2.24. The number of rotatable bonds is 8. The molecule has 1 amide bonds. The van der Waals surface area contributed by atoms with Gasteiger partial charge < -0.3 is 25.0 Å². The number of benzene rings is 1. The number of amides is 1. The van der Waals surface area contributed by atoms with E-state index in [0.29, 0.717) is 24.7 Å². The number of guanidine groups is 1. The van der Waals surface area contributed by atoms with Crippen molar-refractivity contribution in [2.45, 2.75) is 45.0 Å². The van der Waals surface area contributed by atoms with Crippen molar-refractivity contribution in [3.8, 4) is 5.75 Å². The van der Waals surface area contributed by atoms with Gasteiger partial charge in [0, 0.05) is 32.8 Å². The van der Waals surface area contributed by atoms with Crippen molar-refractivity contribution in [1.82, 2.24) is 15.5 Å². The Morgan fingerprint density at radius 3 is 2.66 bits per heavy atom. The maximum atomic E-state index is 12.6. The highest BCUT2D eigenvalue weighted by atomic mass is 127. The van der Waals surface area contributed by atoms with Gasteiger partial charge in [0.15, 0.2) is 12.6 Å². The van der Waals surface area contributed by atoms with Crippen LogP contribution in [0.1, 0.15) is 30.4 Å². The summed E-state index contributed by atoms with van der Waals surface area (Å²) in [6.45, 7) is 1.77. The number of alkyl halides is 3. The van der Waals surface area contributed by atoms with Gasteiger partial charge in [-0.25, -0.2) is 4.99 Å². The predicted octanol–water partition coefficient (Wildman–Crippen LogP) is 3.25. The standard InChI is InChI=1S/C21H31F3N4O3.HI/c1-15-7-8-16(18(10-15)31-14-21(22,23)24)11-25-20(27-13-19(29)28(2)3)26-12-17-6-4-5-9-30-17;/h7-8,10,17H,4-6,9,11-14H2,1-3H3,(H2,25,26,27);1H. The zero-order chi connectivity index (χ0) is 22.9. The number of aliphatic imine (C=N–C) groups is 1. The van der Waals surface area contributed by atoms with Crippen LogP contribution in [-0.2, 0) is 16.1 Å². The number of hydrogen-bond donors (Lipinski definition) is 2. The number of nitrogens with one attached hydrogen (secondary N) is 2. The van der Waals surface area contributed by atoms with E-state index in [1.165, 1.54) is 4.90 Å². The third-order valence-electron chi connectivity index (χ3n) is 4.70. The maximum absolute atomic E-state index is 12.6. The van der Waals surface area contributed by atoms with Crippen LogP contribution in [0.2, 0.25) is 0 Å². The van der Waals surface area contributed by atoms with Gasteiger partial charge in [0.1, 0.15) is 5.75 Å². The normalized spacial score (nSPS) is 16.7. The molecule has 0 saturated carbocycles. The Morgan fingerprint density at radius 1 is 1.28 bits per heavy atom. The second-order valence-electron chi connectivity index (χ2n) is 7.69. The van der Waals surface area contributed by atoms with Gasteiger partial charge in [-0.2, -0.15) is 13.2 Å².